The predicted molar refractivity (Wildman–Crippen MR) is 71.3 cm³/mol. The number of hydrogen-bond acceptors (Lipinski definition) is 2. The van der Waals surface area contributed by atoms with Crippen molar-refractivity contribution in [2.24, 2.45) is 0 Å². The van der Waals surface area contributed by atoms with Gasteiger partial charge >= 0.3 is 21.5 Å². The second-order valence-corrected chi connectivity index (χ2v) is 5.29. The quantitative estimate of drug-likeness (QED) is 0.440. The Balaban J connectivity index is 2.57. The fraction of sp³-hybridized carbons (Fsp3) is 0. The molecule has 1 N–H and O–H groups in total. The maximum atomic E-state index is 11.2. The summed E-state index contributed by atoms with van der Waals surface area (Å²) in [5, 5.41) is 0. The Hall–Kier alpha value is -2.63. The molecule has 0 saturated heterocycles. The van der Waals surface area contributed by atoms with Gasteiger partial charge in [-0.3, -0.25) is 4.55 Å². The van der Waals surface area contributed by atoms with Crippen molar-refractivity contribution in [3.63, 3.8) is 0 Å². The van der Waals surface area contributed by atoms with E-state index in [1.165, 1.54) is 30.4 Å². The number of hydrogen-bond donors (Lipinski definition) is 1. The summed E-state index contributed by atoms with van der Waals surface area (Å²) in [6.07, 6.45) is 10.3. The summed E-state index contributed by atoms with van der Waals surface area (Å²) in [5.74, 6) is 0. The van der Waals surface area contributed by atoms with E-state index in [1.54, 1.807) is 12.2 Å². The third-order valence-corrected chi connectivity index (χ3v) is 3.54. The van der Waals surface area contributed by atoms with E-state index in [0.717, 1.165) is 0 Å². The van der Waals surface area contributed by atoms with E-state index in [9.17, 15) is 8.42 Å². The summed E-state index contributed by atoms with van der Waals surface area (Å²) < 4.78 is 31.6. The highest BCUT2D eigenvalue weighted by atomic mass is 32.2. The molecule has 0 aromatic rings. The molecule has 0 aliphatic heterocycles. The van der Waals surface area contributed by atoms with E-state index in [-0.39, 0.29) is 5.71 Å². The van der Waals surface area contributed by atoms with Crippen LogP contribution in [0.4, 0.5) is 0 Å². The second-order valence-electron chi connectivity index (χ2n) is 3.90. The molecule has 0 spiro atoms. The monoisotopic (exact) mass is 288 g/mol. The lowest BCUT2D eigenvalue weighted by atomic mass is 9.98. The Kier molecular flexibility index (Phi) is 3.56. The van der Waals surface area contributed by atoms with Crippen molar-refractivity contribution in [1.29, 1.82) is 0 Å². The fourth-order valence-corrected chi connectivity index (χ4v) is 2.35. The Labute approximate surface area is 114 Å². The van der Waals surface area contributed by atoms with Gasteiger partial charge in [-0.15, -0.1) is 0 Å². The molecule has 0 aromatic carbocycles. The normalized spacial score (nSPS) is 17.9. The van der Waals surface area contributed by atoms with Crippen LogP contribution in [0.15, 0.2) is 58.6 Å². The van der Waals surface area contributed by atoms with Gasteiger partial charge in [-0.05, 0) is 35.5 Å². The van der Waals surface area contributed by atoms with Crippen molar-refractivity contribution < 1.29 is 22.6 Å². The minimum Gasteiger partial charge on any atom is -0.361 e. The summed E-state index contributed by atoms with van der Waals surface area (Å²) in [7, 11) is -4.50. The van der Waals surface area contributed by atoms with Crippen LogP contribution in [0.3, 0.4) is 0 Å². The smallest absolute Gasteiger partial charge is 0.336 e. The van der Waals surface area contributed by atoms with Gasteiger partial charge in [-0.1, -0.05) is 0 Å². The highest BCUT2D eigenvalue weighted by Gasteiger charge is 2.28. The molecule has 0 unspecified atom stereocenters. The first-order chi connectivity index (χ1) is 9.45. The molecule has 2 aliphatic rings. The lowest BCUT2D eigenvalue weighted by Crippen LogP contribution is -2.15. The summed E-state index contributed by atoms with van der Waals surface area (Å²) in [6, 6.07) is 0. The van der Waals surface area contributed by atoms with Crippen LogP contribution in [0.5, 0.6) is 0 Å². The maximum Gasteiger partial charge on any atom is 0.336 e. The van der Waals surface area contributed by atoms with Crippen LogP contribution in [0.2, 0.25) is 0 Å². The van der Waals surface area contributed by atoms with Gasteiger partial charge in [0.05, 0.1) is 0 Å². The highest BCUT2D eigenvalue weighted by molar-refractivity contribution is 7.90. The summed E-state index contributed by atoms with van der Waals surface area (Å²) in [6.45, 7) is 0. The van der Waals surface area contributed by atoms with E-state index in [0.29, 0.717) is 16.9 Å². The first-order valence-corrected chi connectivity index (χ1v) is 6.82. The molecule has 0 atom stereocenters. The van der Waals surface area contributed by atoms with Crippen LogP contribution in [0.25, 0.3) is 11.1 Å². The molecule has 2 aliphatic carbocycles. The first kappa shape index (κ1) is 13.8. The fourth-order valence-electron chi connectivity index (χ4n) is 1.70. The van der Waals surface area contributed by atoms with E-state index in [1.807, 2.05) is 0 Å². The SMILES string of the molecule is [N-]=[N+]=C1C=CC(=C2C=CC(=[N+]=[N-])C(S(=O)(=O)O)=C2)C=C1. The zero-order chi connectivity index (χ0) is 14.8. The van der Waals surface area contributed by atoms with Gasteiger partial charge in [-0.2, -0.15) is 18.0 Å². The molecule has 0 fully saturated rings. The molecule has 0 saturated carbocycles. The molecule has 2 rings (SSSR count). The third kappa shape index (κ3) is 2.69. The van der Waals surface area contributed by atoms with Crippen LogP contribution in [0.1, 0.15) is 0 Å². The molecule has 0 amide bonds. The largest absolute Gasteiger partial charge is 0.361 e. The lowest BCUT2D eigenvalue weighted by molar-refractivity contribution is -0.00233. The van der Waals surface area contributed by atoms with Crippen molar-refractivity contribution in [2.75, 3.05) is 0 Å². The van der Waals surface area contributed by atoms with Crippen molar-refractivity contribution in [3.05, 3.63) is 69.6 Å². The Morgan fingerprint density at radius 2 is 1.50 bits per heavy atom. The maximum absolute atomic E-state index is 11.2. The van der Waals surface area contributed by atoms with Gasteiger partial charge in [0.15, 0.2) is 4.91 Å². The van der Waals surface area contributed by atoms with E-state index < -0.39 is 15.0 Å². The number of allylic oxidation sites excluding steroid dienone is 10. The number of nitrogens with zero attached hydrogens (tertiary/aromatic N) is 4. The average molecular weight is 288 g/mol. The Bertz CT molecular complexity index is 810. The molecular formula is C12H8N4O3S. The van der Waals surface area contributed by atoms with Crippen LogP contribution in [-0.2, 0) is 10.1 Å². The first-order valence-electron chi connectivity index (χ1n) is 5.38. The van der Waals surface area contributed by atoms with Gasteiger partial charge in [0, 0.05) is 18.2 Å². The third-order valence-electron chi connectivity index (χ3n) is 2.66. The molecule has 20 heavy (non-hydrogen) atoms. The standard InChI is InChI=1S/C12H8N4O3S/c13-15-10-4-1-8(2-5-10)9-3-6-11(16-14)12(7-9)20(17,18)19/h1-7H,(H,17,18,19). The topological polar surface area (TPSA) is 127 Å². The Morgan fingerprint density at radius 3 is 2.00 bits per heavy atom. The minimum absolute atomic E-state index is 0.252. The number of rotatable bonds is 1. The van der Waals surface area contributed by atoms with Crippen molar-refractivity contribution in [1.82, 2.24) is 0 Å². The Morgan fingerprint density at radius 1 is 0.900 bits per heavy atom. The predicted octanol–water partition coefficient (Wildman–Crippen LogP) is 1.09. The van der Waals surface area contributed by atoms with Gasteiger partial charge in [0.2, 0.25) is 0 Å². The van der Waals surface area contributed by atoms with Crippen LogP contribution < -0.4 is 0 Å². The van der Waals surface area contributed by atoms with Crippen molar-refractivity contribution in [2.45, 2.75) is 0 Å². The highest BCUT2D eigenvalue weighted by Crippen LogP contribution is 2.22. The van der Waals surface area contributed by atoms with E-state index in [2.05, 4.69) is 9.58 Å². The van der Waals surface area contributed by atoms with Crippen LogP contribution >= 0.6 is 0 Å². The van der Waals surface area contributed by atoms with Gasteiger partial charge in [0.25, 0.3) is 0 Å². The minimum atomic E-state index is -4.50. The zero-order valence-corrected chi connectivity index (χ0v) is 10.8. The lowest BCUT2D eigenvalue weighted by Gasteiger charge is -2.07. The van der Waals surface area contributed by atoms with Crippen LogP contribution in [0, 0.1) is 0 Å². The van der Waals surface area contributed by atoms with Gasteiger partial charge in [0.1, 0.15) is 0 Å². The molecule has 0 radical (unpaired) electrons. The zero-order valence-electron chi connectivity index (χ0n) is 10.0. The summed E-state index contributed by atoms with van der Waals surface area (Å²) in [4.78, 5) is 5.33. The molecule has 8 heteroatoms. The van der Waals surface area contributed by atoms with E-state index in [4.69, 9.17) is 15.6 Å². The molecule has 0 heterocycles. The second kappa shape index (κ2) is 5.16. The molecule has 0 aromatic heterocycles. The van der Waals surface area contributed by atoms with Crippen molar-refractivity contribution in [3.8, 4) is 0 Å². The molecular weight excluding hydrogens is 280 g/mol. The summed E-state index contributed by atoms with van der Waals surface area (Å²) in [5.41, 5.74) is 18.6. The van der Waals surface area contributed by atoms with Crippen LogP contribution in [-0.4, -0.2) is 34.0 Å². The molecule has 0 bridgehead atoms. The van der Waals surface area contributed by atoms with Gasteiger partial charge < -0.3 is 11.1 Å². The molecule has 100 valence electrons. The van der Waals surface area contributed by atoms with Gasteiger partial charge in [-0.25, -0.2) is 0 Å². The average Bonchev–Trinajstić information content (AvgIpc) is 2.46. The summed E-state index contributed by atoms with van der Waals surface area (Å²) >= 11 is 0. The van der Waals surface area contributed by atoms with Crippen molar-refractivity contribution >= 4 is 21.5 Å². The molecule has 7 nitrogen and oxygen atoms in total. The van der Waals surface area contributed by atoms with E-state index >= 15 is 0 Å².